The molecule has 0 radical (unpaired) electrons. The molecule has 3 heterocycles. The predicted octanol–water partition coefficient (Wildman–Crippen LogP) is 1.68. The SMILES string of the molecule is Cn1nc(C2CCN(C(=O)C3CC(=O)N(c4ccccc4)C3)CC2)n(C2CC2)c1=O. The van der Waals surface area contributed by atoms with Crippen LogP contribution in [0.2, 0.25) is 0 Å². The summed E-state index contributed by atoms with van der Waals surface area (Å²) < 4.78 is 3.31. The van der Waals surface area contributed by atoms with Gasteiger partial charge in [0.25, 0.3) is 0 Å². The van der Waals surface area contributed by atoms with Crippen molar-refractivity contribution in [3.63, 3.8) is 0 Å². The first kappa shape index (κ1) is 19.1. The van der Waals surface area contributed by atoms with E-state index in [1.807, 2.05) is 39.8 Å². The lowest BCUT2D eigenvalue weighted by molar-refractivity contribution is -0.136. The summed E-state index contributed by atoms with van der Waals surface area (Å²) in [5, 5.41) is 4.51. The highest BCUT2D eigenvalue weighted by Crippen LogP contribution is 2.37. The number of anilines is 1. The summed E-state index contributed by atoms with van der Waals surface area (Å²) in [5.74, 6) is 0.879. The average Bonchev–Trinajstić information content (AvgIpc) is 3.46. The highest BCUT2D eigenvalue weighted by molar-refractivity contribution is 6.00. The molecule has 0 bridgehead atoms. The Morgan fingerprint density at radius 1 is 1.03 bits per heavy atom. The fourth-order valence-electron chi connectivity index (χ4n) is 4.80. The number of hydrogen-bond donors (Lipinski definition) is 0. The van der Waals surface area contributed by atoms with Crippen molar-refractivity contribution in [1.29, 1.82) is 0 Å². The number of para-hydroxylation sites is 1. The van der Waals surface area contributed by atoms with Gasteiger partial charge in [-0.2, -0.15) is 5.10 Å². The maximum Gasteiger partial charge on any atom is 0.345 e. The molecular formula is C22H27N5O3. The fraction of sp³-hybridized carbons (Fsp3) is 0.545. The van der Waals surface area contributed by atoms with Crippen molar-refractivity contribution in [1.82, 2.24) is 19.2 Å². The molecule has 1 saturated carbocycles. The first-order chi connectivity index (χ1) is 14.5. The molecule has 0 spiro atoms. The smallest absolute Gasteiger partial charge is 0.342 e. The quantitative estimate of drug-likeness (QED) is 0.770. The summed E-state index contributed by atoms with van der Waals surface area (Å²) in [5.41, 5.74) is 0.821. The van der Waals surface area contributed by atoms with Crippen LogP contribution in [0, 0.1) is 5.92 Å². The summed E-state index contributed by atoms with van der Waals surface area (Å²) in [6.45, 7) is 1.74. The lowest BCUT2D eigenvalue weighted by Gasteiger charge is -2.33. The number of aromatic nitrogens is 3. The van der Waals surface area contributed by atoms with Gasteiger partial charge in [-0.15, -0.1) is 0 Å². The number of benzene rings is 1. The van der Waals surface area contributed by atoms with Crippen molar-refractivity contribution in [3.05, 3.63) is 46.6 Å². The molecule has 1 unspecified atom stereocenters. The number of piperidine rings is 1. The van der Waals surface area contributed by atoms with E-state index in [0.29, 0.717) is 25.7 Å². The van der Waals surface area contributed by atoms with Crippen LogP contribution in [0.5, 0.6) is 0 Å². The van der Waals surface area contributed by atoms with Gasteiger partial charge in [-0.25, -0.2) is 9.48 Å². The zero-order valence-electron chi connectivity index (χ0n) is 17.2. The molecular weight excluding hydrogens is 382 g/mol. The molecule has 158 valence electrons. The normalized spacial score (nSPS) is 22.7. The van der Waals surface area contributed by atoms with E-state index >= 15 is 0 Å². The van der Waals surface area contributed by atoms with E-state index in [1.165, 1.54) is 4.68 Å². The first-order valence-electron chi connectivity index (χ1n) is 10.8. The van der Waals surface area contributed by atoms with Gasteiger partial charge in [0, 0.05) is 50.7 Å². The lowest BCUT2D eigenvalue weighted by Crippen LogP contribution is -2.42. The second kappa shape index (κ2) is 7.41. The molecule has 5 rings (SSSR count). The molecule has 2 amide bonds. The van der Waals surface area contributed by atoms with Crippen LogP contribution < -0.4 is 10.6 Å². The second-order valence-corrected chi connectivity index (χ2v) is 8.71. The van der Waals surface area contributed by atoms with Gasteiger partial charge in [-0.3, -0.25) is 14.2 Å². The number of nitrogens with zero attached hydrogens (tertiary/aromatic N) is 5. The monoisotopic (exact) mass is 409 g/mol. The zero-order valence-corrected chi connectivity index (χ0v) is 17.2. The fourth-order valence-corrected chi connectivity index (χ4v) is 4.80. The molecule has 1 atom stereocenters. The van der Waals surface area contributed by atoms with E-state index in [-0.39, 0.29) is 35.8 Å². The Balaban J connectivity index is 1.23. The van der Waals surface area contributed by atoms with E-state index in [2.05, 4.69) is 5.10 Å². The van der Waals surface area contributed by atoms with Crippen molar-refractivity contribution in [3.8, 4) is 0 Å². The van der Waals surface area contributed by atoms with Gasteiger partial charge < -0.3 is 9.80 Å². The molecule has 2 aromatic rings. The number of aryl methyl sites for hydroxylation is 1. The van der Waals surface area contributed by atoms with Crippen molar-refractivity contribution >= 4 is 17.5 Å². The van der Waals surface area contributed by atoms with Gasteiger partial charge in [0.05, 0.1) is 5.92 Å². The third kappa shape index (κ3) is 3.34. The Labute approximate surface area is 175 Å². The Kier molecular flexibility index (Phi) is 4.72. The number of hydrogen-bond acceptors (Lipinski definition) is 4. The molecule has 3 fully saturated rings. The molecule has 8 nitrogen and oxygen atoms in total. The number of carbonyl (C=O) groups is 2. The predicted molar refractivity (Wildman–Crippen MR) is 111 cm³/mol. The zero-order chi connectivity index (χ0) is 20.8. The lowest BCUT2D eigenvalue weighted by atomic mass is 9.94. The van der Waals surface area contributed by atoms with Crippen molar-refractivity contribution < 1.29 is 9.59 Å². The van der Waals surface area contributed by atoms with Crippen LogP contribution in [0.3, 0.4) is 0 Å². The van der Waals surface area contributed by atoms with Gasteiger partial charge in [-0.1, -0.05) is 18.2 Å². The van der Waals surface area contributed by atoms with Crippen LogP contribution in [0.4, 0.5) is 5.69 Å². The van der Waals surface area contributed by atoms with E-state index in [0.717, 1.165) is 37.2 Å². The molecule has 2 saturated heterocycles. The minimum atomic E-state index is -0.284. The van der Waals surface area contributed by atoms with E-state index in [4.69, 9.17) is 0 Å². The Morgan fingerprint density at radius 2 is 1.73 bits per heavy atom. The topological polar surface area (TPSA) is 80.4 Å². The molecule has 3 aliphatic rings. The highest BCUT2D eigenvalue weighted by atomic mass is 16.2. The molecule has 2 aliphatic heterocycles. The van der Waals surface area contributed by atoms with E-state index in [9.17, 15) is 14.4 Å². The standard InChI is InChI=1S/C22H27N5O3/c1-24-22(30)27(18-7-8-18)20(23-24)15-9-11-25(12-10-15)21(29)16-13-19(28)26(14-16)17-5-3-2-4-6-17/h2-6,15-16,18H,7-14H2,1H3. The Hall–Kier alpha value is -2.90. The molecule has 30 heavy (non-hydrogen) atoms. The minimum Gasteiger partial charge on any atom is -0.342 e. The van der Waals surface area contributed by atoms with Crippen LogP contribution in [-0.2, 0) is 16.6 Å². The van der Waals surface area contributed by atoms with Crippen LogP contribution in [0.1, 0.15) is 49.9 Å². The van der Waals surface area contributed by atoms with E-state index < -0.39 is 0 Å². The molecule has 8 heteroatoms. The Morgan fingerprint density at radius 3 is 2.40 bits per heavy atom. The maximum atomic E-state index is 13.1. The summed E-state index contributed by atoms with van der Waals surface area (Å²) in [7, 11) is 1.71. The number of likely N-dealkylation sites (tertiary alicyclic amines) is 1. The molecule has 1 aromatic heterocycles. The van der Waals surface area contributed by atoms with Gasteiger partial charge in [0.2, 0.25) is 11.8 Å². The molecule has 1 aromatic carbocycles. The first-order valence-corrected chi connectivity index (χ1v) is 10.8. The third-order valence-electron chi connectivity index (χ3n) is 6.61. The summed E-state index contributed by atoms with van der Waals surface area (Å²) in [6, 6.07) is 9.84. The average molecular weight is 409 g/mol. The molecule has 1 aliphatic carbocycles. The second-order valence-electron chi connectivity index (χ2n) is 8.71. The number of amides is 2. The third-order valence-corrected chi connectivity index (χ3v) is 6.61. The van der Waals surface area contributed by atoms with Crippen LogP contribution in [0.15, 0.2) is 35.1 Å². The minimum absolute atomic E-state index is 0.0105. The van der Waals surface area contributed by atoms with Crippen LogP contribution in [0.25, 0.3) is 0 Å². The summed E-state index contributed by atoms with van der Waals surface area (Å²) >= 11 is 0. The largest absolute Gasteiger partial charge is 0.345 e. The van der Waals surface area contributed by atoms with Gasteiger partial charge in [0.1, 0.15) is 5.82 Å². The Bertz CT molecular complexity index is 1020. The van der Waals surface area contributed by atoms with Crippen molar-refractivity contribution in [2.45, 2.75) is 44.1 Å². The number of carbonyl (C=O) groups excluding carboxylic acids is 2. The summed E-state index contributed by atoms with van der Waals surface area (Å²) in [6.07, 6.45) is 3.97. The maximum absolute atomic E-state index is 13.1. The number of rotatable bonds is 4. The van der Waals surface area contributed by atoms with Gasteiger partial charge in [-0.05, 0) is 37.8 Å². The molecule has 0 N–H and O–H groups in total. The van der Waals surface area contributed by atoms with Gasteiger partial charge in [0.15, 0.2) is 0 Å². The summed E-state index contributed by atoms with van der Waals surface area (Å²) in [4.78, 5) is 41.6. The van der Waals surface area contributed by atoms with Crippen LogP contribution in [-0.4, -0.2) is 50.7 Å². The van der Waals surface area contributed by atoms with Crippen molar-refractivity contribution in [2.24, 2.45) is 13.0 Å². The van der Waals surface area contributed by atoms with Crippen LogP contribution >= 0.6 is 0 Å². The van der Waals surface area contributed by atoms with Gasteiger partial charge >= 0.3 is 5.69 Å². The highest BCUT2D eigenvalue weighted by Gasteiger charge is 2.39. The van der Waals surface area contributed by atoms with Crippen molar-refractivity contribution in [2.75, 3.05) is 24.5 Å². The van der Waals surface area contributed by atoms with E-state index in [1.54, 1.807) is 11.9 Å².